The number of esters is 1. The third kappa shape index (κ3) is 5.42. The summed E-state index contributed by atoms with van der Waals surface area (Å²) in [5.41, 5.74) is 12.9. The fourth-order valence-electron chi connectivity index (χ4n) is 3.37. The van der Waals surface area contributed by atoms with Crippen LogP contribution in [-0.4, -0.2) is 33.7 Å². The molecule has 0 bridgehead atoms. The summed E-state index contributed by atoms with van der Waals surface area (Å²) in [4.78, 5) is 34.9. The van der Waals surface area contributed by atoms with Crippen molar-refractivity contribution in [2.24, 2.45) is 0 Å². The number of nitrogens with two attached hydrogens (primary N) is 2. The number of aryl methyl sites for hydroxylation is 1. The number of amides is 1. The van der Waals surface area contributed by atoms with Crippen LogP contribution in [0.15, 0.2) is 11.2 Å². The summed E-state index contributed by atoms with van der Waals surface area (Å²) in [6.45, 7) is 3.82. The molecule has 1 aliphatic carbocycles. The maximum atomic E-state index is 12.9. The van der Waals surface area contributed by atoms with Crippen molar-refractivity contribution in [1.29, 1.82) is 0 Å². The number of carbonyl (C=O) groups excluding carboxylic acids is 2. The van der Waals surface area contributed by atoms with Crippen molar-refractivity contribution in [2.75, 3.05) is 23.4 Å². The van der Waals surface area contributed by atoms with Gasteiger partial charge in [-0.15, -0.1) is 11.3 Å². The zero-order valence-electron chi connectivity index (χ0n) is 17.2. The Labute approximate surface area is 184 Å². The van der Waals surface area contributed by atoms with E-state index in [2.05, 4.69) is 15.3 Å². The van der Waals surface area contributed by atoms with E-state index in [4.69, 9.17) is 16.2 Å². The number of thiophene rings is 1. The first-order valence-electron chi connectivity index (χ1n) is 10.1. The third-order valence-electron chi connectivity index (χ3n) is 4.78. The molecule has 162 valence electrons. The van der Waals surface area contributed by atoms with E-state index in [0.717, 1.165) is 49.4 Å². The molecule has 10 heteroatoms. The predicted octanol–water partition coefficient (Wildman–Crippen LogP) is 3.66. The van der Waals surface area contributed by atoms with Crippen LogP contribution >= 0.6 is 23.1 Å². The lowest BCUT2D eigenvalue weighted by Crippen LogP contribution is -2.23. The molecule has 1 atom stereocenters. The number of aromatic nitrogens is 2. The molecule has 0 radical (unpaired) electrons. The van der Waals surface area contributed by atoms with E-state index in [0.29, 0.717) is 15.7 Å². The highest BCUT2D eigenvalue weighted by atomic mass is 32.2. The maximum absolute atomic E-state index is 12.9. The maximum Gasteiger partial charge on any atom is 0.341 e. The molecule has 5 N–H and O–H groups in total. The SMILES string of the molecule is CCOC(=O)c1c(NC(=O)C(C)Sc2nc(N)cc(N)n2)sc2c1CCCCCC2. The van der Waals surface area contributed by atoms with Crippen molar-refractivity contribution >= 4 is 51.6 Å². The second kappa shape index (κ2) is 10.1. The van der Waals surface area contributed by atoms with Crippen molar-refractivity contribution in [1.82, 2.24) is 9.97 Å². The molecule has 3 rings (SSSR count). The minimum absolute atomic E-state index is 0.246. The Balaban J connectivity index is 1.82. The largest absolute Gasteiger partial charge is 0.462 e. The number of thioether (sulfide) groups is 1. The standard InChI is InChI=1S/C20H27N5O3S2/c1-3-28-19(27)16-12-8-6-4-5-7-9-13(12)30-18(16)25-17(26)11(2)29-20-23-14(21)10-15(22)24-20/h10-11H,3-9H2,1-2H3,(H,25,26)(H4,21,22,23,24). The summed E-state index contributed by atoms with van der Waals surface area (Å²) in [7, 11) is 0. The van der Waals surface area contributed by atoms with Gasteiger partial charge in [0.15, 0.2) is 5.16 Å². The van der Waals surface area contributed by atoms with E-state index in [1.54, 1.807) is 13.8 Å². The number of anilines is 3. The minimum Gasteiger partial charge on any atom is -0.462 e. The molecule has 1 unspecified atom stereocenters. The summed E-state index contributed by atoms with van der Waals surface area (Å²) in [5.74, 6) is -0.122. The highest BCUT2D eigenvalue weighted by molar-refractivity contribution is 8.00. The van der Waals surface area contributed by atoms with Crippen molar-refractivity contribution in [3.8, 4) is 0 Å². The molecule has 2 aromatic rings. The van der Waals surface area contributed by atoms with Crippen molar-refractivity contribution in [3.05, 3.63) is 22.1 Å². The number of ether oxygens (including phenoxy) is 1. The Hall–Kier alpha value is -2.33. The zero-order chi connectivity index (χ0) is 21.7. The molecular formula is C20H27N5O3S2. The van der Waals surface area contributed by atoms with Crippen LogP contribution in [0.2, 0.25) is 0 Å². The lowest BCUT2D eigenvalue weighted by Gasteiger charge is -2.13. The van der Waals surface area contributed by atoms with Gasteiger partial charge in [0.25, 0.3) is 0 Å². The molecule has 2 heterocycles. The van der Waals surface area contributed by atoms with E-state index in [1.807, 2.05) is 0 Å². The average Bonchev–Trinajstić information content (AvgIpc) is 2.97. The van der Waals surface area contributed by atoms with Crippen LogP contribution in [0.25, 0.3) is 0 Å². The van der Waals surface area contributed by atoms with Gasteiger partial charge in [0, 0.05) is 10.9 Å². The number of fused-ring (bicyclic) bond motifs is 1. The summed E-state index contributed by atoms with van der Waals surface area (Å²) in [6, 6.07) is 1.46. The van der Waals surface area contributed by atoms with Crippen LogP contribution in [0.5, 0.6) is 0 Å². The fraction of sp³-hybridized carbons (Fsp3) is 0.500. The molecule has 8 nitrogen and oxygen atoms in total. The molecule has 0 saturated carbocycles. The molecule has 1 aliphatic rings. The quantitative estimate of drug-likeness (QED) is 0.346. The topological polar surface area (TPSA) is 133 Å². The van der Waals surface area contributed by atoms with Crippen LogP contribution in [0.4, 0.5) is 16.6 Å². The molecule has 0 aliphatic heterocycles. The number of nitrogens with zero attached hydrogens (tertiary/aromatic N) is 2. The molecule has 2 aromatic heterocycles. The number of nitrogens with one attached hydrogen (secondary N) is 1. The Bertz CT molecular complexity index is 911. The number of nitrogen functional groups attached to an aromatic ring is 2. The molecule has 0 saturated heterocycles. The summed E-state index contributed by atoms with van der Waals surface area (Å²) in [5, 5.41) is 3.32. The van der Waals surface area contributed by atoms with Gasteiger partial charge < -0.3 is 21.5 Å². The van der Waals surface area contributed by atoms with E-state index in [1.165, 1.54) is 28.7 Å². The smallest absolute Gasteiger partial charge is 0.341 e. The van der Waals surface area contributed by atoms with Crippen molar-refractivity contribution in [3.63, 3.8) is 0 Å². The van der Waals surface area contributed by atoms with E-state index < -0.39 is 5.25 Å². The van der Waals surface area contributed by atoms with Gasteiger partial charge in [-0.3, -0.25) is 4.79 Å². The monoisotopic (exact) mass is 449 g/mol. The summed E-state index contributed by atoms with van der Waals surface area (Å²) in [6.07, 6.45) is 6.20. The highest BCUT2D eigenvalue weighted by Crippen LogP contribution is 2.38. The molecule has 0 spiro atoms. The van der Waals surface area contributed by atoms with Gasteiger partial charge in [-0.25, -0.2) is 14.8 Å². The zero-order valence-corrected chi connectivity index (χ0v) is 18.8. The summed E-state index contributed by atoms with van der Waals surface area (Å²) < 4.78 is 5.29. The molecule has 30 heavy (non-hydrogen) atoms. The van der Waals surface area contributed by atoms with E-state index in [9.17, 15) is 9.59 Å². The van der Waals surface area contributed by atoms with Crippen LogP contribution in [0.3, 0.4) is 0 Å². The lowest BCUT2D eigenvalue weighted by atomic mass is 9.96. The normalized spacial score (nSPS) is 14.9. The first kappa shape index (κ1) is 22.4. The van der Waals surface area contributed by atoms with Crippen LogP contribution in [0, 0.1) is 0 Å². The number of hydrogen-bond acceptors (Lipinski definition) is 9. The van der Waals surface area contributed by atoms with Gasteiger partial charge in [-0.05, 0) is 45.1 Å². The second-order valence-corrected chi connectivity index (χ2v) is 9.51. The third-order valence-corrected chi connectivity index (χ3v) is 6.95. The van der Waals surface area contributed by atoms with E-state index >= 15 is 0 Å². The lowest BCUT2D eigenvalue weighted by molar-refractivity contribution is -0.115. The second-order valence-electron chi connectivity index (χ2n) is 7.09. The van der Waals surface area contributed by atoms with Gasteiger partial charge in [0.1, 0.15) is 16.6 Å². The first-order valence-corrected chi connectivity index (χ1v) is 11.8. The Kier molecular flexibility index (Phi) is 7.54. The minimum atomic E-state index is -0.508. The van der Waals surface area contributed by atoms with Crippen LogP contribution in [-0.2, 0) is 22.4 Å². The van der Waals surface area contributed by atoms with Gasteiger partial charge in [-0.2, -0.15) is 0 Å². The highest BCUT2D eigenvalue weighted by Gasteiger charge is 2.27. The molecular weight excluding hydrogens is 422 g/mol. The molecule has 0 fully saturated rings. The number of carbonyl (C=O) groups is 2. The van der Waals surface area contributed by atoms with E-state index in [-0.39, 0.29) is 30.1 Å². The Morgan fingerprint density at radius 1 is 1.20 bits per heavy atom. The predicted molar refractivity (Wildman–Crippen MR) is 121 cm³/mol. The van der Waals surface area contributed by atoms with Crippen LogP contribution in [0.1, 0.15) is 60.3 Å². The number of hydrogen-bond donors (Lipinski definition) is 3. The van der Waals surface area contributed by atoms with Crippen molar-refractivity contribution in [2.45, 2.75) is 62.8 Å². The van der Waals surface area contributed by atoms with Gasteiger partial charge in [-0.1, -0.05) is 24.6 Å². The fourth-order valence-corrected chi connectivity index (χ4v) is 5.45. The van der Waals surface area contributed by atoms with Gasteiger partial charge in [0.05, 0.1) is 17.4 Å². The molecule has 1 amide bonds. The Morgan fingerprint density at radius 3 is 2.53 bits per heavy atom. The Morgan fingerprint density at radius 2 is 1.87 bits per heavy atom. The average molecular weight is 450 g/mol. The number of rotatable bonds is 6. The van der Waals surface area contributed by atoms with Gasteiger partial charge in [0.2, 0.25) is 5.91 Å². The van der Waals surface area contributed by atoms with Crippen molar-refractivity contribution < 1.29 is 14.3 Å². The van der Waals surface area contributed by atoms with Crippen LogP contribution < -0.4 is 16.8 Å². The molecule has 0 aromatic carbocycles. The summed E-state index contributed by atoms with van der Waals surface area (Å²) >= 11 is 2.64. The first-order chi connectivity index (χ1) is 14.4. The van der Waals surface area contributed by atoms with Gasteiger partial charge >= 0.3 is 5.97 Å².